The average molecular weight is 1830 g/mol. The molecule has 15 amide bonds. The molecule has 1 fully saturated rings. The number of benzene rings is 5. The lowest BCUT2D eigenvalue weighted by atomic mass is 9.96. The van der Waals surface area contributed by atoms with Crippen LogP contribution in [0.3, 0.4) is 0 Å². The highest BCUT2D eigenvalue weighted by Crippen LogP contribution is 2.25. The number of carboxylic acid groups (broad SMARTS) is 4. The number of fused-ring (bicyclic) bond motifs is 1. The molecule has 26 N–H and O–H groups in total. The van der Waals surface area contributed by atoms with E-state index >= 15 is 9.59 Å². The van der Waals surface area contributed by atoms with Crippen molar-refractivity contribution < 1.29 is 135 Å². The van der Waals surface area contributed by atoms with E-state index in [0.29, 0.717) is 27.1 Å². The number of carbonyl (C=O) groups is 21. The third-order valence-electron chi connectivity index (χ3n) is 19.9. The number of primary amides is 1. The predicted molar refractivity (Wildman–Crippen MR) is 452 cm³/mol. The Morgan fingerprint density at radius 2 is 1.09 bits per heavy atom. The molecular formula is C83H96ClFN18O27. The summed E-state index contributed by atoms with van der Waals surface area (Å²) in [6.45, 7) is -1.57. The monoisotopic (exact) mass is 1830 g/mol. The zero-order valence-corrected chi connectivity index (χ0v) is 70.4. The van der Waals surface area contributed by atoms with E-state index in [1.54, 1.807) is 72.8 Å². The van der Waals surface area contributed by atoms with Crippen molar-refractivity contribution in [3.8, 4) is 11.1 Å². The predicted octanol–water partition coefficient (Wildman–Crippen LogP) is -4.01. The number of nitrogens with one attached hydrogen (secondary N) is 15. The summed E-state index contributed by atoms with van der Waals surface area (Å²) in [5.41, 5.74) is 19.2. The van der Waals surface area contributed by atoms with Crippen LogP contribution in [0.1, 0.15) is 104 Å². The minimum Gasteiger partial charge on any atom is -0.481 e. The maximum Gasteiger partial charge on any atom is 0.329 e. The summed E-state index contributed by atoms with van der Waals surface area (Å²) in [5, 5.41) is 81.7. The number of halogens is 2. The summed E-state index contributed by atoms with van der Waals surface area (Å²) in [4.78, 5) is 293. The van der Waals surface area contributed by atoms with E-state index in [2.05, 4.69) is 63.5 Å². The van der Waals surface area contributed by atoms with Crippen LogP contribution in [0.5, 0.6) is 0 Å². The van der Waals surface area contributed by atoms with Crippen molar-refractivity contribution in [2.24, 2.45) is 11.7 Å². The van der Waals surface area contributed by atoms with Crippen molar-refractivity contribution in [1.82, 2.24) is 79.4 Å². The van der Waals surface area contributed by atoms with E-state index in [0.717, 1.165) is 44.0 Å². The van der Waals surface area contributed by atoms with Crippen LogP contribution in [0.25, 0.3) is 22.0 Å². The van der Waals surface area contributed by atoms with Crippen molar-refractivity contribution in [3.63, 3.8) is 0 Å². The van der Waals surface area contributed by atoms with E-state index in [1.807, 2.05) is 16.0 Å². The molecule has 6 aromatic rings. The molecule has 45 nitrogen and oxygen atoms in total. The number of ether oxygens (including phenoxy) is 1. The zero-order chi connectivity index (χ0) is 95.9. The number of nitrogen functional groups attached to an aromatic ring is 2. The molecule has 0 radical (unpaired) electrons. The first-order valence-corrected chi connectivity index (χ1v) is 40.3. The van der Waals surface area contributed by atoms with Crippen molar-refractivity contribution in [1.29, 1.82) is 0 Å². The summed E-state index contributed by atoms with van der Waals surface area (Å²) in [6.07, 6.45) is -9.78. The van der Waals surface area contributed by atoms with Crippen LogP contribution < -0.4 is 91.6 Å². The molecule has 0 saturated carbocycles. The first-order chi connectivity index (χ1) is 61.5. The quantitative estimate of drug-likeness (QED) is 0.00828. The normalized spacial score (nSPS) is 20.0. The SMILES string of the molecule is CC1NC(=O)C(CC(=O)O)NC(=O)C(CCCNC(=O)c2c(N)cccc2F)NC(=O)CNC(=O)C(NC(=O)C(CC(=O)O)NC(=O)C(CC(N)=O)NC(=O)C(Cc2c[nH]c3ccccc23)NC(=O)Cc2ccc(-c3ccc(Cl)cc3)cc2)C(C)OC(=O)C(CC(=O)c2ccccc2N)NC(=O)C(C(C)CC(=O)O)NC(=O)C(CO)NC(=O)CNC(=O)C(CC(=O)O)NC1=O. The summed E-state index contributed by atoms with van der Waals surface area (Å²) >= 11 is 6.09. The Labute approximate surface area is 742 Å². The second kappa shape index (κ2) is 48.3. The molecule has 694 valence electrons. The molecule has 2 heterocycles. The van der Waals surface area contributed by atoms with Crippen molar-refractivity contribution >= 4 is 158 Å². The number of carbonyl (C=O) groups excluding carboxylic acids is 17. The maximum absolute atomic E-state index is 15.0. The molecule has 1 aliphatic heterocycles. The molecular weight excluding hydrogens is 1740 g/mol. The Bertz CT molecular complexity index is 5270. The summed E-state index contributed by atoms with van der Waals surface area (Å²) in [6, 6.07) is 5.15. The number of ketones is 1. The van der Waals surface area contributed by atoms with Crippen LogP contribution >= 0.6 is 11.6 Å². The molecule has 7 rings (SSSR count). The molecule has 1 aromatic heterocycles. The Balaban J connectivity index is 1.28. The summed E-state index contributed by atoms with van der Waals surface area (Å²) < 4.78 is 20.6. The number of para-hydroxylation sites is 2. The van der Waals surface area contributed by atoms with Gasteiger partial charge in [0.25, 0.3) is 5.91 Å². The van der Waals surface area contributed by atoms with Gasteiger partial charge in [-0.15, -0.1) is 0 Å². The number of Topliss-reactive ketones (excluding diaryl/α,β-unsaturated/α-hetero) is 1. The van der Waals surface area contributed by atoms with Crippen LogP contribution in [0.2, 0.25) is 5.02 Å². The van der Waals surface area contributed by atoms with E-state index in [9.17, 15) is 121 Å². The second-order valence-electron chi connectivity index (χ2n) is 29.9. The van der Waals surface area contributed by atoms with Gasteiger partial charge in [0, 0.05) is 58.4 Å². The average Bonchev–Trinajstić information content (AvgIpc) is 1.71. The number of esters is 1. The lowest BCUT2D eigenvalue weighted by molar-refractivity contribution is -0.156. The molecule has 5 aromatic carbocycles. The van der Waals surface area contributed by atoms with Gasteiger partial charge in [-0.3, -0.25) is 95.9 Å². The number of cyclic esters (lactones) is 1. The van der Waals surface area contributed by atoms with Crippen molar-refractivity contribution in [2.75, 3.05) is 37.7 Å². The van der Waals surface area contributed by atoms with Crippen LogP contribution in [0, 0.1) is 11.7 Å². The third kappa shape index (κ3) is 31.0. The van der Waals surface area contributed by atoms with Gasteiger partial charge in [0.05, 0.1) is 63.8 Å². The fraction of sp³-hybridized carbons (Fsp3) is 0.361. The van der Waals surface area contributed by atoms with Crippen LogP contribution in [0.4, 0.5) is 15.8 Å². The number of aromatic nitrogens is 1. The molecule has 130 heavy (non-hydrogen) atoms. The Kier molecular flexibility index (Phi) is 37.7. The minimum absolute atomic E-state index is 0.227. The van der Waals surface area contributed by atoms with Gasteiger partial charge in [0.15, 0.2) is 5.78 Å². The zero-order valence-electron chi connectivity index (χ0n) is 69.7. The molecule has 0 aliphatic carbocycles. The summed E-state index contributed by atoms with van der Waals surface area (Å²) in [7, 11) is 0. The highest BCUT2D eigenvalue weighted by Gasteiger charge is 2.42. The molecule has 13 unspecified atom stereocenters. The van der Waals surface area contributed by atoms with Crippen LogP contribution in [-0.4, -0.2) is 254 Å². The number of amides is 15. The molecule has 0 spiro atoms. The number of aliphatic hydroxyl groups is 1. The lowest BCUT2D eigenvalue weighted by Gasteiger charge is -2.30. The topological polar surface area (TPSA) is 731 Å². The van der Waals surface area contributed by atoms with E-state index in [4.69, 9.17) is 33.5 Å². The smallest absolute Gasteiger partial charge is 0.329 e. The largest absolute Gasteiger partial charge is 0.481 e. The number of aliphatic hydroxyl groups excluding tert-OH is 1. The molecule has 13 atom stereocenters. The highest BCUT2D eigenvalue weighted by molar-refractivity contribution is 6.30. The lowest BCUT2D eigenvalue weighted by Crippen LogP contribution is -2.62. The molecule has 0 bridgehead atoms. The van der Waals surface area contributed by atoms with E-state index < -0.39 is 292 Å². The number of nitrogens with two attached hydrogens (primary N) is 3. The highest BCUT2D eigenvalue weighted by atomic mass is 35.5. The van der Waals surface area contributed by atoms with Crippen molar-refractivity contribution in [2.45, 2.75) is 158 Å². The number of aliphatic carboxylic acids is 4. The number of H-pyrrole nitrogens is 1. The van der Waals surface area contributed by atoms with Gasteiger partial charge in [-0.25, -0.2) is 9.18 Å². The first kappa shape index (κ1) is 102. The number of aromatic amines is 1. The first-order valence-electron chi connectivity index (χ1n) is 39.9. The standard InChI is InChI=1S/C83H96ClFN18O27/c1-38(26-65(110)111)70-82(128)101-58(29-60(105)47-11-4-6-13-49(47)86)83(129)130-40(3)71(103-78(124)57(33-68(116)117)100-77(123)54(30-61(88)106)98-76(122)53(28-44-34-90-51-15-7-5-10-46(44)51)95-62(107)27-41-17-19-42(20-18-41)43-21-23-45(84)24-22-43)81(127)92-36-63(108)94-52(16-9-25-89-80(126)69-48(85)12-8-14-50(69)87)74(120)99-56(32-67(114)115)75(121)93-39(2)72(118)97-55(31-66(112)113)73(119)91-35-64(109)96-59(37-104)79(125)102-70/h4-8,10-15,17-24,34,38-40,52-59,70-71,90,104H,9,16,25-33,35-37,86-87H2,1-3H3,(H2,88,106)(H,89,126)(H,91,119)(H,92,127)(H,93,121)(H,94,108)(H,95,107)(H,96,109)(H,97,118)(H,98,122)(H,99,120)(H,100,123)(H,101,128)(H,102,125)(H,103,124)(H,110,111)(H,112,113)(H,114,115)(H,116,117). The van der Waals surface area contributed by atoms with Crippen LogP contribution in [0.15, 0.2) is 121 Å². The molecule has 47 heteroatoms. The van der Waals surface area contributed by atoms with Crippen molar-refractivity contribution in [3.05, 3.63) is 155 Å². The molecule has 1 aliphatic rings. The second-order valence-corrected chi connectivity index (χ2v) is 30.4. The van der Waals surface area contributed by atoms with Crippen LogP contribution in [-0.2, 0) is 109 Å². The van der Waals surface area contributed by atoms with Gasteiger partial charge in [0.1, 0.15) is 78.4 Å². The number of hydrogen-bond donors (Lipinski definition) is 23. The van der Waals surface area contributed by atoms with Gasteiger partial charge in [-0.2, -0.15) is 0 Å². The maximum atomic E-state index is 15.0. The van der Waals surface area contributed by atoms with Gasteiger partial charge in [-0.1, -0.05) is 91.3 Å². The Morgan fingerprint density at radius 3 is 1.70 bits per heavy atom. The van der Waals surface area contributed by atoms with Gasteiger partial charge in [0.2, 0.25) is 82.7 Å². The fourth-order valence-electron chi connectivity index (χ4n) is 13.2. The van der Waals surface area contributed by atoms with E-state index in [1.165, 1.54) is 36.5 Å². The number of carboxylic acids is 4. The van der Waals surface area contributed by atoms with E-state index in [-0.39, 0.29) is 29.8 Å². The number of anilines is 2. The number of hydrogen-bond acceptors (Lipinski definition) is 25. The summed E-state index contributed by atoms with van der Waals surface area (Å²) in [5.74, 6) is -33.3. The minimum atomic E-state index is -2.55. The Morgan fingerprint density at radius 1 is 0.546 bits per heavy atom. The molecule has 1 saturated heterocycles. The van der Waals surface area contributed by atoms with Gasteiger partial charge < -0.3 is 127 Å². The van der Waals surface area contributed by atoms with Gasteiger partial charge in [-0.05, 0) is 97.3 Å². The fourth-order valence-corrected chi connectivity index (χ4v) is 13.3. The van der Waals surface area contributed by atoms with Gasteiger partial charge >= 0.3 is 29.8 Å². The third-order valence-corrected chi connectivity index (χ3v) is 20.1. The Hall–Kier alpha value is -15.5. The number of rotatable bonds is 32.